The summed E-state index contributed by atoms with van der Waals surface area (Å²) in [5.41, 5.74) is 2.53. The molecule has 0 fully saturated rings. The van der Waals surface area contributed by atoms with Crippen molar-refractivity contribution in [3.8, 4) is 0 Å². The van der Waals surface area contributed by atoms with Gasteiger partial charge in [-0.3, -0.25) is 0 Å². The van der Waals surface area contributed by atoms with Crippen molar-refractivity contribution in [2.24, 2.45) is 4.99 Å². The Morgan fingerprint density at radius 1 is 1.50 bits per heavy atom. The summed E-state index contributed by atoms with van der Waals surface area (Å²) in [6.07, 6.45) is 4.01. The van der Waals surface area contributed by atoms with Gasteiger partial charge in [-0.15, -0.1) is 11.8 Å². The van der Waals surface area contributed by atoms with Crippen LogP contribution in [-0.4, -0.2) is 11.8 Å². The van der Waals surface area contributed by atoms with Gasteiger partial charge in [0.2, 0.25) is 6.08 Å². The molecule has 0 spiro atoms. The summed E-state index contributed by atoms with van der Waals surface area (Å²) in [6, 6.07) is 6.34. The van der Waals surface area contributed by atoms with E-state index in [1.54, 1.807) is 6.08 Å². The zero-order valence-electron chi connectivity index (χ0n) is 7.82. The molecule has 0 atom stereocenters. The van der Waals surface area contributed by atoms with Gasteiger partial charge < -0.3 is 0 Å². The highest BCUT2D eigenvalue weighted by Crippen LogP contribution is 2.30. The minimum absolute atomic E-state index is 0.456. The van der Waals surface area contributed by atoms with E-state index in [0.29, 0.717) is 6.54 Å². The molecule has 1 aromatic carbocycles. The molecule has 72 valence electrons. The Kier molecular flexibility index (Phi) is 3.02. The van der Waals surface area contributed by atoms with Crippen molar-refractivity contribution in [3.05, 3.63) is 29.3 Å². The normalized spacial score (nSPS) is 14.3. The molecule has 0 N–H and O–H groups in total. The van der Waals surface area contributed by atoms with Gasteiger partial charge in [-0.2, -0.15) is 0 Å². The molecule has 2 nitrogen and oxygen atoms in total. The predicted octanol–water partition coefficient (Wildman–Crippen LogP) is 2.56. The molecular formula is C11H11NOS. The predicted molar refractivity (Wildman–Crippen MR) is 57.3 cm³/mol. The fraction of sp³-hybridized carbons (Fsp3) is 0.364. The Morgan fingerprint density at radius 2 is 2.43 bits per heavy atom. The summed E-state index contributed by atoms with van der Waals surface area (Å²) in [5, 5.41) is 0. The molecule has 0 radical (unpaired) electrons. The zero-order valence-corrected chi connectivity index (χ0v) is 8.64. The van der Waals surface area contributed by atoms with Crippen molar-refractivity contribution < 1.29 is 4.79 Å². The highest BCUT2D eigenvalue weighted by Gasteiger charge is 2.09. The summed E-state index contributed by atoms with van der Waals surface area (Å²) in [6.45, 7) is 0.456. The second-order valence-corrected chi connectivity index (χ2v) is 4.44. The first-order valence-corrected chi connectivity index (χ1v) is 5.67. The van der Waals surface area contributed by atoms with E-state index in [0.717, 1.165) is 5.56 Å². The van der Waals surface area contributed by atoms with Gasteiger partial charge in [-0.1, -0.05) is 12.1 Å². The van der Waals surface area contributed by atoms with Crippen LogP contribution in [0.4, 0.5) is 0 Å². The van der Waals surface area contributed by atoms with E-state index in [-0.39, 0.29) is 0 Å². The van der Waals surface area contributed by atoms with Crippen LogP contribution in [-0.2, 0) is 17.8 Å². The van der Waals surface area contributed by atoms with Crippen LogP contribution in [0.3, 0.4) is 0 Å². The molecule has 0 aliphatic carbocycles. The third-order valence-electron chi connectivity index (χ3n) is 2.31. The van der Waals surface area contributed by atoms with Gasteiger partial charge in [-0.05, 0) is 35.8 Å². The van der Waals surface area contributed by atoms with Gasteiger partial charge in [0.15, 0.2) is 0 Å². The molecular weight excluding hydrogens is 194 g/mol. The van der Waals surface area contributed by atoms with Gasteiger partial charge in [0.1, 0.15) is 0 Å². The van der Waals surface area contributed by atoms with Crippen molar-refractivity contribution in [2.75, 3.05) is 5.75 Å². The Hall–Kier alpha value is -1.05. The molecule has 1 aromatic rings. The van der Waals surface area contributed by atoms with Crippen LogP contribution in [0.15, 0.2) is 28.1 Å². The van der Waals surface area contributed by atoms with Crippen molar-refractivity contribution in [1.29, 1.82) is 0 Å². The van der Waals surface area contributed by atoms with E-state index >= 15 is 0 Å². The first-order valence-electron chi connectivity index (χ1n) is 4.68. The lowest BCUT2D eigenvalue weighted by Gasteiger charge is -2.15. The summed E-state index contributed by atoms with van der Waals surface area (Å²) in [7, 11) is 0. The fourth-order valence-corrected chi connectivity index (χ4v) is 2.71. The van der Waals surface area contributed by atoms with E-state index < -0.39 is 0 Å². The molecule has 0 amide bonds. The minimum Gasteiger partial charge on any atom is -0.211 e. The maximum absolute atomic E-state index is 9.97. The lowest BCUT2D eigenvalue weighted by Crippen LogP contribution is -1.98. The van der Waals surface area contributed by atoms with Gasteiger partial charge in [-0.25, -0.2) is 9.79 Å². The summed E-state index contributed by atoms with van der Waals surface area (Å²) >= 11 is 1.90. The largest absolute Gasteiger partial charge is 0.235 e. The summed E-state index contributed by atoms with van der Waals surface area (Å²) in [4.78, 5) is 14.9. The molecule has 1 aliphatic heterocycles. The first-order chi connectivity index (χ1) is 6.90. The van der Waals surface area contributed by atoms with E-state index in [9.17, 15) is 4.79 Å². The van der Waals surface area contributed by atoms with Gasteiger partial charge in [0, 0.05) is 4.90 Å². The topological polar surface area (TPSA) is 29.4 Å². The quantitative estimate of drug-likeness (QED) is 0.548. The molecule has 0 saturated carbocycles. The van der Waals surface area contributed by atoms with E-state index in [2.05, 4.69) is 17.1 Å². The molecule has 0 aromatic heterocycles. The number of thioether (sulfide) groups is 1. The van der Waals surface area contributed by atoms with Crippen molar-refractivity contribution in [1.82, 2.24) is 0 Å². The number of aryl methyl sites for hydroxylation is 1. The Morgan fingerprint density at radius 3 is 3.29 bits per heavy atom. The highest BCUT2D eigenvalue weighted by molar-refractivity contribution is 7.99. The number of hydrogen-bond donors (Lipinski definition) is 0. The number of nitrogens with zero attached hydrogens (tertiary/aromatic N) is 1. The van der Waals surface area contributed by atoms with Crippen LogP contribution in [0.1, 0.15) is 17.5 Å². The minimum atomic E-state index is 0.456. The number of carbonyl (C=O) groups excluding carboxylic acids is 1. The SMILES string of the molecule is O=C=NCc1ccc2c(c1)SCCC2. The number of benzene rings is 1. The van der Waals surface area contributed by atoms with E-state index in [4.69, 9.17) is 0 Å². The second kappa shape index (κ2) is 4.45. The van der Waals surface area contributed by atoms with E-state index in [1.165, 1.54) is 29.1 Å². The fourth-order valence-electron chi connectivity index (χ4n) is 1.61. The van der Waals surface area contributed by atoms with Gasteiger partial charge in [0.25, 0.3) is 0 Å². The maximum atomic E-state index is 9.97. The highest BCUT2D eigenvalue weighted by atomic mass is 32.2. The van der Waals surface area contributed by atoms with Crippen molar-refractivity contribution >= 4 is 17.8 Å². The lowest BCUT2D eigenvalue weighted by atomic mass is 10.1. The molecule has 0 saturated heterocycles. The first kappa shape index (κ1) is 9.50. The van der Waals surface area contributed by atoms with Crippen molar-refractivity contribution in [3.63, 3.8) is 0 Å². The number of rotatable bonds is 2. The lowest BCUT2D eigenvalue weighted by molar-refractivity contribution is 0.563. The smallest absolute Gasteiger partial charge is 0.211 e. The summed E-state index contributed by atoms with van der Waals surface area (Å²) < 4.78 is 0. The van der Waals surface area contributed by atoms with Crippen LogP contribution in [0.25, 0.3) is 0 Å². The Labute approximate surface area is 87.4 Å². The average molecular weight is 205 g/mol. The number of hydrogen-bond acceptors (Lipinski definition) is 3. The number of aliphatic imine (C=N–C) groups is 1. The number of fused-ring (bicyclic) bond motifs is 1. The van der Waals surface area contributed by atoms with Crippen LogP contribution >= 0.6 is 11.8 Å². The monoisotopic (exact) mass is 205 g/mol. The maximum Gasteiger partial charge on any atom is 0.235 e. The third kappa shape index (κ3) is 2.06. The van der Waals surface area contributed by atoms with Crippen molar-refractivity contribution in [2.45, 2.75) is 24.3 Å². The standard InChI is InChI=1S/C11H11NOS/c13-8-12-7-9-3-4-10-2-1-5-14-11(10)6-9/h3-4,6H,1-2,5,7H2. The van der Waals surface area contributed by atoms with Gasteiger partial charge in [0.05, 0.1) is 6.54 Å². The Bertz CT molecular complexity index is 383. The molecule has 0 unspecified atom stereocenters. The molecule has 2 rings (SSSR count). The van der Waals surface area contributed by atoms with E-state index in [1.807, 2.05) is 17.8 Å². The second-order valence-electron chi connectivity index (χ2n) is 3.30. The molecule has 14 heavy (non-hydrogen) atoms. The van der Waals surface area contributed by atoms with Crippen LogP contribution in [0.2, 0.25) is 0 Å². The average Bonchev–Trinajstić information content (AvgIpc) is 2.26. The van der Waals surface area contributed by atoms with Crippen LogP contribution < -0.4 is 0 Å². The van der Waals surface area contributed by atoms with Crippen LogP contribution in [0, 0.1) is 0 Å². The zero-order chi connectivity index (χ0) is 9.80. The number of isocyanates is 1. The summed E-state index contributed by atoms with van der Waals surface area (Å²) in [5.74, 6) is 1.20. The molecule has 1 aliphatic rings. The molecule has 3 heteroatoms. The molecule has 0 bridgehead atoms. The van der Waals surface area contributed by atoms with Crippen LogP contribution in [0.5, 0.6) is 0 Å². The molecule has 1 heterocycles. The third-order valence-corrected chi connectivity index (χ3v) is 3.49. The Balaban J connectivity index is 2.24. The van der Waals surface area contributed by atoms with Gasteiger partial charge >= 0.3 is 0 Å².